The molecule has 1 saturated heterocycles. The van der Waals surface area contributed by atoms with Crippen molar-refractivity contribution < 1.29 is 4.79 Å². The highest BCUT2D eigenvalue weighted by Gasteiger charge is 2.23. The molecule has 15 heavy (non-hydrogen) atoms. The number of Topliss-reactive ketones (excluding diaryl/α,β-unsaturated/α-hetero) is 1. The Labute approximate surface area is 98.8 Å². The van der Waals surface area contributed by atoms with Crippen LogP contribution in [0.1, 0.15) is 18.2 Å². The molecule has 1 aliphatic rings. The molecule has 0 bridgehead atoms. The number of nitrogens with zero attached hydrogens (tertiary/aromatic N) is 1. The molecule has 2 rings (SSSR count). The fraction of sp³-hybridized carbons (Fsp3) is 0.545. The average Bonchev–Trinajstić information content (AvgIpc) is 2.58. The maximum Gasteiger partial charge on any atom is 0.138 e. The summed E-state index contributed by atoms with van der Waals surface area (Å²) in [5.74, 6) is 0.588. The summed E-state index contributed by atoms with van der Waals surface area (Å²) >= 11 is 7.50. The second-order valence-electron chi connectivity index (χ2n) is 4.06. The third-order valence-corrected chi connectivity index (χ3v) is 3.98. The largest absolute Gasteiger partial charge is 0.299 e. The number of hydrogen-bond donors (Lipinski definition) is 0. The Hall–Kier alpha value is -0.380. The quantitative estimate of drug-likeness (QED) is 0.796. The molecule has 0 spiro atoms. The van der Waals surface area contributed by atoms with Gasteiger partial charge in [-0.1, -0.05) is 18.5 Å². The lowest BCUT2D eigenvalue weighted by molar-refractivity contribution is -0.125. The van der Waals surface area contributed by atoms with Gasteiger partial charge in [0.05, 0.1) is 4.34 Å². The minimum Gasteiger partial charge on any atom is -0.299 e. The summed E-state index contributed by atoms with van der Waals surface area (Å²) in [6.45, 7) is 4.71. The first-order chi connectivity index (χ1) is 7.15. The molecular formula is C11H14ClNOS. The number of hydrogen-bond acceptors (Lipinski definition) is 3. The van der Waals surface area contributed by atoms with E-state index in [0.717, 1.165) is 24.0 Å². The Kier molecular flexibility index (Phi) is 3.44. The van der Waals surface area contributed by atoms with E-state index >= 15 is 0 Å². The van der Waals surface area contributed by atoms with Gasteiger partial charge in [-0.3, -0.25) is 9.69 Å². The first-order valence-corrected chi connectivity index (χ1v) is 6.34. The van der Waals surface area contributed by atoms with Crippen molar-refractivity contribution in [1.82, 2.24) is 4.90 Å². The molecule has 82 valence electrons. The van der Waals surface area contributed by atoms with Gasteiger partial charge in [-0.25, -0.2) is 0 Å². The fourth-order valence-electron chi connectivity index (χ4n) is 1.90. The van der Waals surface area contributed by atoms with Gasteiger partial charge in [0.1, 0.15) is 5.78 Å². The van der Waals surface area contributed by atoms with Crippen LogP contribution < -0.4 is 0 Å². The normalized spacial score (nSPS) is 23.3. The molecule has 0 aromatic carbocycles. The fourth-order valence-corrected chi connectivity index (χ4v) is 3.03. The summed E-state index contributed by atoms with van der Waals surface area (Å²) in [5.41, 5.74) is 0. The smallest absolute Gasteiger partial charge is 0.138 e. The molecule has 0 aliphatic carbocycles. The van der Waals surface area contributed by atoms with E-state index in [-0.39, 0.29) is 5.92 Å². The molecule has 0 radical (unpaired) electrons. The van der Waals surface area contributed by atoms with E-state index in [4.69, 9.17) is 11.6 Å². The topological polar surface area (TPSA) is 20.3 Å². The maximum absolute atomic E-state index is 11.4. The van der Waals surface area contributed by atoms with Gasteiger partial charge in [-0.15, -0.1) is 11.3 Å². The van der Waals surface area contributed by atoms with Crippen molar-refractivity contribution in [1.29, 1.82) is 0 Å². The van der Waals surface area contributed by atoms with Crippen molar-refractivity contribution in [3.63, 3.8) is 0 Å². The van der Waals surface area contributed by atoms with Crippen LogP contribution in [0.3, 0.4) is 0 Å². The van der Waals surface area contributed by atoms with Gasteiger partial charge >= 0.3 is 0 Å². The van der Waals surface area contributed by atoms with Gasteiger partial charge in [0.25, 0.3) is 0 Å². The molecule has 1 fully saturated rings. The van der Waals surface area contributed by atoms with Gasteiger partial charge in [0, 0.05) is 36.9 Å². The van der Waals surface area contributed by atoms with Gasteiger partial charge in [-0.2, -0.15) is 0 Å². The Morgan fingerprint density at radius 3 is 3.00 bits per heavy atom. The number of likely N-dealkylation sites (tertiary alicyclic amines) is 1. The van der Waals surface area contributed by atoms with E-state index in [9.17, 15) is 4.79 Å². The van der Waals surface area contributed by atoms with Gasteiger partial charge < -0.3 is 0 Å². The van der Waals surface area contributed by atoms with Gasteiger partial charge in [-0.05, 0) is 12.1 Å². The van der Waals surface area contributed by atoms with Crippen molar-refractivity contribution >= 4 is 28.7 Å². The maximum atomic E-state index is 11.4. The predicted octanol–water partition coefficient (Wildman–Crippen LogP) is 2.81. The molecule has 4 heteroatoms. The molecular weight excluding hydrogens is 230 g/mol. The zero-order valence-electron chi connectivity index (χ0n) is 8.70. The molecule has 1 aliphatic heterocycles. The summed E-state index contributed by atoms with van der Waals surface area (Å²) in [7, 11) is 0. The Balaban J connectivity index is 1.93. The molecule has 0 saturated carbocycles. The first-order valence-electron chi connectivity index (χ1n) is 5.14. The second kappa shape index (κ2) is 4.64. The minimum atomic E-state index is 0.189. The summed E-state index contributed by atoms with van der Waals surface area (Å²) in [6, 6.07) is 3.99. The number of ketones is 1. The van der Waals surface area contributed by atoms with Crippen LogP contribution in [-0.4, -0.2) is 23.8 Å². The summed E-state index contributed by atoms with van der Waals surface area (Å²) < 4.78 is 0.839. The van der Waals surface area contributed by atoms with E-state index < -0.39 is 0 Å². The highest BCUT2D eigenvalue weighted by Crippen LogP contribution is 2.24. The highest BCUT2D eigenvalue weighted by atomic mass is 35.5. The SMILES string of the molecule is CC1CN(Cc2ccc(Cl)s2)CCC1=O. The average molecular weight is 244 g/mol. The molecule has 1 atom stereocenters. The summed E-state index contributed by atoms with van der Waals surface area (Å²) in [5, 5.41) is 0. The molecule has 1 unspecified atom stereocenters. The Morgan fingerprint density at radius 2 is 2.40 bits per heavy atom. The zero-order valence-corrected chi connectivity index (χ0v) is 10.3. The minimum absolute atomic E-state index is 0.189. The van der Waals surface area contributed by atoms with Crippen LogP contribution >= 0.6 is 22.9 Å². The molecule has 2 nitrogen and oxygen atoms in total. The lowest BCUT2D eigenvalue weighted by atomic mass is 9.99. The van der Waals surface area contributed by atoms with Crippen LogP contribution in [0.5, 0.6) is 0 Å². The van der Waals surface area contributed by atoms with Crippen molar-refractivity contribution in [2.45, 2.75) is 19.9 Å². The van der Waals surface area contributed by atoms with Crippen LogP contribution in [0.2, 0.25) is 4.34 Å². The first kappa shape index (κ1) is 11.1. The number of thiophene rings is 1. The monoisotopic (exact) mass is 243 g/mol. The van der Waals surface area contributed by atoms with E-state index in [1.165, 1.54) is 4.88 Å². The number of halogens is 1. The number of rotatable bonds is 2. The lowest BCUT2D eigenvalue weighted by Gasteiger charge is -2.29. The van der Waals surface area contributed by atoms with E-state index in [1.807, 2.05) is 13.0 Å². The van der Waals surface area contributed by atoms with Crippen LogP contribution in [0.4, 0.5) is 0 Å². The van der Waals surface area contributed by atoms with E-state index in [1.54, 1.807) is 11.3 Å². The molecule has 1 aromatic rings. The van der Waals surface area contributed by atoms with E-state index in [2.05, 4.69) is 11.0 Å². The van der Waals surface area contributed by atoms with Crippen LogP contribution in [0.15, 0.2) is 12.1 Å². The molecule has 0 amide bonds. The molecule has 2 heterocycles. The molecule has 1 aromatic heterocycles. The third kappa shape index (κ3) is 2.80. The summed E-state index contributed by atoms with van der Waals surface area (Å²) in [4.78, 5) is 15.0. The van der Waals surface area contributed by atoms with Crippen molar-refractivity contribution in [2.75, 3.05) is 13.1 Å². The number of carbonyl (C=O) groups is 1. The second-order valence-corrected chi connectivity index (χ2v) is 5.86. The standard InChI is InChI=1S/C11H14ClNOS/c1-8-6-13(5-4-10(8)14)7-9-2-3-11(12)15-9/h2-3,8H,4-7H2,1H3. The summed E-state index contributed by atoms with van der Waals surface area (Å²) in [6.07, 6.45) is 0.695. The Bertz CT molecular complexity index is 363. The number of carbonyl (C=O) groups excluding carboxylic acids is 1. The number of piperidine rings is 1. The zero-order chi connectivity index (χ0) is 10.8. The van der Waals surface area contributed by atoms with Crippen LogP contribution in [0.25, 0.3) is 0 Å². The van der Waals surface area contributed by atoms with Crippen LogP contribution in [-0.2, 0) is 11.3 Å². The van der Waals surface area contributed by atoms with Crippen molar-refractivity contribution in [3.05, 3.63) is 21.3 Å². The van der Waals surface area contributed by atoms with E-state index in [0.29, 0.717) is 12.2 Å². The van der Waals surface area contributed by atoms with Crippen molar-refractivity contribution in [3.8, 4) is 0 Å². The van der Waals surface area contributed by atoms with Crippen molar-refractivity contribution in [2.24, 2.45) is 5.92 Å². The Morgan fingerprint density at radius 1 is 1.60 bits per heavy atom. The lowest BCUT2D eigenvalue weighted by Crippen LogP contribution is -2.38. The van der Waals surface area contributed by atoms with Gasteiger partial charge in [0.2, 0.25) is 0 Å². The highest BCUT2D eigenvalue weighted by molar-refractivity contribution is 7.16. The predicted molar refractivity (Wildman–Crippen MR) is 63.4 cm³/mol. The van der Waals surface area contributed by atoms with Gasteiger partial charge in [0.15, 0.2) is 0 Å². The third-order valence-electron chi connectivity index (χ3n) is 2.76. The van der Waals surface area contributed by atoms with Crippen LogP contribution in [0, 0.1) is 5.92 Å². The molecule has 0 N–H and O–H groups in total.